The molecule has 6 heteroatoms. The second-order valence-electron chi connectivity index (χ2n) is 28.1. The SMILES string of the molecule is CC(C)(C)c1ccc(N2c3cc4c(oc5ccccc54)c4c3B(c3sc5cc6c(cc5c32)C(C)(C)CCC6(C)C)N(c2ccc(-c3ccccc3)cc2)c2cc3sc5cc6c(cc5c3cc2-4)C(C)(C)CCC6(C)C)c(-c2ccccc2)c1. The van der Waals surface area contributed by atoms with Crippen molar-refractivity contribution in [2.75, 3.05) is 9.71 Å². The molecule has 3 nitrogen and oxygen atoms in total. The van der Waals surface area contributed by atoms with Crippen LogP contribution in [0.3, 0.4) is 0 Å². The summed E-state index contributed by atoms with van der Waals surface area (Å²) in [6, 6.07) is 65.7. The van der Waals surface area contributed by atoms with Crippen molar-refractivity contribution in [3.8, 4) is 33.4 Å². The van der Waals surface area contributed by atoms with Crippen LogP contribution in [0, 0.1) is 0 Å². The normalized spacial score (nSPS) is 17.3. The minimum absolute atomic E-state index is 0.0145. The molecule has 16 rings (SSSR count). The van der Waals surface area contributed by atoms with Gasteiger partial charge in [0.2, 0.25) is 0 Å². The zero-order chi connectivity index (χ0) is 56.1. The van der Waals surface area contributed by atoms with Crippen molar-refractivity contribution >= 4 is 120 Å². The Morgan fingerprint density at radius 3 is 1.65 bits per heavy atom. The van der Waals surface area contributed by atoms with Crippen LogP contribution in [-0.2, 0) is 27.1 Å². The lowest BCUT2D eigenvalue weighted by molar-refractivity contribution is 0.332. The van der Waals surface area contributed by atoms with Crippen LogP contribution in [-0.4, -0.2) is 6.85 Å². The molecule has 0 atom stereocenters. The maximum absolute atomic E-state index is 7.41. The smallest absolute Gasteiger partial charge is 0.343 e. The molecule has 4 aliphatic rings. The van der Waals surface area contributed by atoms with Crippen LogP contribution < -0.4 is 20.0 Å². The van der Waals surface area contributed by atoms with E-state index in [1.54, 1.807) is 0 Å². The van der Waals surface area contributed by atoms with Gasteiger partial charge in [0, 0.05) is 79.6 Å². The Morgan fingerprint density at radius 2 is 1.00 bits per heavy atom. The molecule has 12 aromatic rings. The number of benzene rings is 9. The van der Waals surface area contributed by atoms with Crippen LogP contribution in [0.5, 0.6) is 0 Å². The molecule has 0 unspecified atom stereocenters. The Hall–Kier alpha value is -7.38. The molecular formula is C76H69BN2OS2. The Kier molecular flexibility index (Phi) is 10.5. The first-order chi connectivity index (χ1) is 39.2. The van der Waals surface area contributed by atoms with Crippen molar-refractivity contribution in [1.82, 2.24) is 0 Å². The number of hydrogen-bond donors (Lipinski definition) is 0. The molecule has 404 valence electrons. The molecule has 0 N–H and O–H groups in total. The molecule has 0 saturated heterocycles. The average molecular weight is 1100 g/mol. The van der Waals surface area contributed by atoms with Gasteiger partial charge < -0.3 is 14.1 Å². The van der Waals surface area contributed by atoms with E-state index in [0.29, 0.717) is 0 Å². The maximum Gasteiger partial charge on any atom is 0.343 e. The van der Waals surface area contributed by atoms with E-state index >= 15 is 0 Å². The van der Waals surface area contributed by atoms with Gasteiger partial charge in [-0.3, -0.25) is 0 Å². The summed E-state index contributed by atoms with van der Waals surface area (Å²) in [6.07, 6.45) is 4.67. The van der Waals surface area contributed by atoms with Crippen molar-refractivity contribution in [3.05, 3.63) is 198 Å². The van der Waals surface area contributed by atoms with Crippen LogP contribution in [0.2, 0.25) is 0 Å². The van der Waals surface area contributed by atoms with Gasteiger partial charge in [-0.15, -0.1) is 22.7 Å². The van der Waals surface area contributed by atoms with E-state index in [2.05, 4.69) is 256 Å². The highest BCUT2D eigenvalue weighted by molar-refractivity contribution is 7.32. The lowest BCUT2D eigenvalue weighted by Crippen LogP contribution is -2.60. The number of para-hydroxylation sites is 1. The van der Waals surface area contributed by atoms with Crippen molar-refractivity contribution < 1.29 is 4.42 Å². The number of thiophene rings is 2. The first-order valence-corrected chi connectivity index (χ1v) is 31.5. The fourth-order valence-corrected chi connectivity index (χ4v) is 17.6. The van der Waals surface area contributed by atoms with Gasteiger partial charge in [0.1, 0.15) is 11.2 Å². The number of anilines is 5. The molecule has 0 bridgehead atoms. The van der Waals surface area contributed by atoms with E-state index < -0.39 is 0 Å². The highest BCUT2D eigenvalue weighted by Gasteiger charge is 2.50. The monoisotopic (exact) mass is 1100 g/mol. The highest BCUT2D eigenvalue weighted by atomic mass is 32.1. The van der Waals surface area contributed by atoms with Crippen LogP contribution in [0.1, 0.15) is 130 Å². The number of furan rings is 1. The molecule has 0 spiro atoms. The van der Waals surface area contributed by atoms with Gasteiger partial charge >= 0.3 is 6.85 Å². The number of hydrogen-bond acceptors (Lipinski definition) is 5. The highest BCUT2D eigenvalue weighted by Crippen LogP contribution is 2.58. The predicted octanol–water partition coefficient (Wildman–Crippen LogP) is 21.2. The van der Waals surface area contributed by atoms with Gasteiger partial charge in [0.25, 0.3) is 0 Å². The fourth-order valence-electron chi connectivity index (χ4n) is 15.1. The molecule has 2 aliphatic heterocycles. The molecule has 2 aliphatic carbocycles. The van der Waals surface area contributed by atoms with Crippen LogP contribution >= 0.6 is 22.7 Å². The first kappa shape index (κ1) is 50.4. The van der Waals surface area contributed by atoms with Gasteiger partial charge in [-0.05, 0) is 176 Å². The summed E-state index contributed by atoms with van der Waals surface area (Å²) in [4.78, 5) is 5.47. The minimum Gasteiger partial charge on any atom is -0.455 e. The summed E-state index contributed by atoms with van der Waals surface area (Å²) >= 11 is 3.98. The van der Waals surface area contributed by atoms with E-state index in [1.807, 2.05) is 22.7 Å². The zero-order valence-corrected chi connectivity index (χ0v) is 50.8. The lowest BCUT2D eigenvalue weighted by atomic mass is 9.46. The maximum atomic E-state index is 7.41. The quantitative estimate of drug-likeness (QED) is 0.164. The summed E-state index contributed by atoms with van der Waals surface area (Å²) in [5.41, 5.74) is 24.0. The standard InChI is InChI=1S/C76H69BN2OS2/c1-72(2,3)47-28-31-60(50(36-47)46-22-16-13-17-23-46)78-62-40-53-49-24-18-19-25-63(49)80-70(53)67-54-37-51-52-38-56-58(75(8,9)34-32-73(56,4)5)41-64(52)81-66(51)43-61(54)79(48-29-26-45(27-30-48)44-20-14-12-15-21-44)77(68(62)67)71-69(78)55-39-57-59(42-65(55)82-71)76(10,11)35-33-74(57,6)7/h12-31,36-43H,32-35H2,1-11H3. The molecule has 82 heavy (non-hydrogen) atoms. The van der Waals surface area contributed by atoms with E-state index in [0.717, 1.165) is 34.8 Å². The molecular weight excluding hydrogens is 1030 g/mol. The Labute approximate surface area is 491 Å². The zero-order valence-electron chi connectivity index (χ0n) is 49.2. The molecule has 0 saturated carbocycles. The number of nitrogens with zero attached hydrogens (tertiary/aromatic N) is 2. The van der Waals surface area contributed by atoms with Crippen LogP contribution in [0.15, 0.2) is 174 Å². The second kappa shape index (κ2) is 17.1. The largest absolute Gasteiger partial charge is 0.455 e. The Bertz CT molecular complexity index is 4680. The van der Waals surface area contributed by atoms with E-state index in [-0.39, 0.29) is 33.9 Å². The summed E-state index contributed by atoms with van der Waals surface area (Å²) in [6.45, 7) is 26.6. The molecule has 0 radical (unpaired) electrons. The number of rotatable bonds is 4. The third kappa shape index (κ3) is 7.25. The van der Waals surface area contributed by atoms with Gasteiger partial charge in [0.05, 0.1) is 11.4 Å². The lowest BCUT2D eigenvalue weighted by Gasteiger charge is -2.45. The molecule has 5 heterocycles. The Balaban J connectivity index is 1.08. The van der Waals surface area contributed by atoms with Crippen molar-refractivity contribution in [2.24, 2.45) is 0 Å². The third-order valence-electron chi connectivity index (χ3n) is 20.1. The Morgan fingerprint density at radius 1 is 0.451 bits per heavy atom. The second-order valence-corrected chi connectivity index (χ2v) is 30.3. The predicted molar refractivity (Wildman–Crippen MR) is 356 cm³/mol. The van der Waals surface area contributed by atoms with E-state index in [9.17, 15) is 0 Å². The van der Waals surface area contributed by atoms with Crippen molar-refractivity contribution in [3.63, 3.8) is 0 Å². The fraction of sp³-hybridized carbons (Fsp3) is 0.263. The van der Waals surface area contributed by atoms with Gasteiger partial charge in [0.15, 0.2) is 0 Å². The van der Waals surface area contributed by atoms with Gasteiger partial charge in [-0.1, -0.05) is 173 Å². The number of fused-ring (bicyclic) bond motifs is 15. The van der Waals surface area contributed by atoms with Crippen molar-refractivity contribution in [2.45, 2.75) is 129 Å². The van der Waals surface area contributed by atoms with Crippen molar-refractivity contribution in [1.29, 1.82) is 0 Å². The van der Waals surface area contributed by atoms with E-state index in [4.69, 9.17) is 4.42 Å². The molecule has 3 aromatic heterocycles. The average Bonchev–Trinajstić information content (AvgIpc) is 1.53. The molecule has 0 amide bonds. The van der Waals surface area contributed by atoms with Gasteiger partial charge in [-0.2, -0.15) is 0 Å². The van der Waals surface area contributed by atoms with Crippen LogP contribution in [0.4, 0.5) is 28.4 Å². The van der Waals surface area contributed by atoms with Gasteiger partial charge in [-0.25, -0.2) is 0 Å². The van der Waals surface area contributed by atoms with Crippen LogP contribution in [0.25, 0.3) is 85.6 Å². The summed E-state index contributed by atoms with van der Waals surface area (Å²) in [7, 11) is 0. The molecule has 0 fully saturated rings. The topological polar surface area (TPSA) is 19.6 Å². The minimum atomic E-state index is -0.200. The summed E-state index contributed by atoms with van der Waals surface area (Å²) in [5, 5.41) is 6.28. The summed E-state index contributed by atoms with van der Waals surface area (Å²) < 4.78 is 12.8. The van der Waals surface area contributed by atoms with E-state index in [1.165, 1.54) is 143 Å². The summed E-state index contributed by atoms with van der Waals surface area (Å²) in [5.74, 6) is 0. The molecule has 9 aromatic carbocycles. The first-order valence-electron chi connectivity index (χ1n) is 29.8. The third-order valence-corrected chi connectivity index (χ3v) is 22.4.